The summed E-state index contributed by atoms with van der Waals surface area (Å²) in [6, 6.07) is 18.5. The highest BCUT2D eigenvalue weighted by Crippen LogP contribution is 2.25. The lowest BCUT2D eigenvalue weighted by Gasteiger charge is -2.27. The van der Waals surface area contributed by atoms with Crippen LogP contribution in [0.1, 0.15) is 24.5 Å². The SMILES string of the molecule is CCN(Cc1cccc(C)c1)[C@H]1CCN(c2ccccc2)C1=O. The third-order valence-electron chi connectivity index (χ3n) is 4.56. The summed E-state index contributed by atoms with van der Waals surface area (Å²) in [6.45, 7) is 6.76. The number of hydrogen-bond donors (Lipinski definition) is 0. The van der Waals surface area contributed by atoms with Gasteiger partial charge in [-0.25, -0.2) is 0 Å². The van der Waals surface area contributed by atoms with E-state index in [1.807, 2.05) is 35.2 Å². The van der Waals surface area contributed by atoms with Crippen molar-refractivity contribution in [3.63, 3.8) is 0 Å². The Hall–Kier alpha value is -2.13. The van der Waals surface area contributed by atoms with E-state index in [0.29, 0.717) is 0 Å². The number of hydrogen-bond acceptors (Lipinski definition) is 2. The van der Waals surface area contributed by atoms with E-state index in [1.54, 1.807) is 0 Å². The maximum Gasteiger partial charge on any atom is 0.244 e. The maximum atomic E-state index is 12.8. The fourth-order valence-electron chi connectivity index (χ4n) is 3.36. The second-order valence-corrected chi connectivity index (χ2v) is 6.18. The van der Waals surface area contributed by atoms with Gasteiger partial charge in [0.25, 0.3) is 0 Å². The smallest absolute Gasteiger partial charge is 0.244 e. The molecule has 0 aromatic heterocycles. The Bertz CT molecular complexity index is 668. The number of carbonyl (C=O) groups excluding carboxylic acids is 1. The molecule has 0 N–H and O–H groups in total. The number of nitrogens with zero attached hydrogens (tertiary/aromatic N) is 2. The lowest BCUT2D eigenvalue weighted by molar-refractivity contribution is -0.121. The molecule has 1 heterocycles. The predicted molar refractivity (Wildman–Crippen MR) is 94.5 cm³/mol. The lowest BCUT2D eigenvalue weighted by Crippen LogP contribution is -2.41. The first-order valence-corrected chi connectivity index (χ1v) is 8.35. The molecular weight excluding hydrogens is 284 g/mol. The molecule has 2 aromatic carbocycles. The third kappa shape index (κ3) is 3.45. The van der Waals surface area contributed by atoms with Crippen molar-refractivity contribution < 1.29 is 4.79 Å². The van der Waals surface area contributed by atoms with Gasteiger partial charge in [0.2, 0.25) is 5.91 Å². The Balaban J connectivity index is 1.74. The molecule has 2 aromatic rings. The third-order valence-corrected chi connectivity index (χ3v) is 4.56. The highest BCUT2D eigenvalue weighted by atomic mass is 16.2. The molecule has 3 rings (SSSR count). The largest absolute Gasteiger partial charge is 0.311 e. The summed E-state index contributed by atoms with van der Waals surface area (Å²) >= 11 is 0. The van der Waals surface area contributed by atoms with Crippen molar-refractivity contribution in [1.29, 1.82) is 0 Å². The number of likely N-dealkylation sites (N-methyl/N-ethyl adjacent to an activating group) is 1. The molecule has 0 radical (unpaired) electrons. The molecule has 0 saturated carbocycles. The summed E-state index contributed by atoms with van der Waals surface area (Å²) in [5.41, 5.74) is 3.55. The quantitative estimate of drug-likeness (QED) is 0.842. The molecule has 0 unspecified atom stereocenters. The molecule has 1 atom stereocenters. The molecular formula is C20H24N2O. The second-order valence-electron chi connectivity index (χ2n) is 6.18. The van der Waals surface area contributed by atoms with Gasteiger partial charge in [0, 0.05) is 18.8 Å². The summed E-state index contributed by atoms with van der Waals surface area (Å²) < 4.78 is 0. The van der Waals surface area contributed by atoms with Gasteiger partial charge in [-0.2, -0.15) is 0 Å². The van der Waals surface area contributed by atoms with Crippen molar-refractivity contribution in [3.05, 3.63) is 65.7 Å². The van der Waals surface area contributed by atoms with Crippen molar-refractivity contribution >= 4 is 11.6 Å². The first kappa shape index (κ1) is 15.8. The minimum absolute atomic E-state index is 0.0132. The Morgan fingerprint density at radius 3 is 2.61 bits per heavy atom. The summed E-state index contributed by atoms with van der Waals surface area (Å²) in [6.07, 6.45) is 0.896. The molecule has 1 aliphatic heterocycles. The fraction of sp³-hybridized carbons (Fsp3) is 0.350. The van der Waals surface area contributed by atoms with E-state index in [9.17, 15) is 4.79 Å². The van der Waals surface area contributed by atoms with Crippen LogP contribution in [0.15, 0.2) is 54.6 Å². The Labute approximate surface area is 138 Å². The van der Waals surface area contributed by atoms with Crippen LogP contribution in [0.2, 0.25) is 0 Å². The number of para-hydroxylation sites is 1. The fourth-order valence-corrected chi connectivity index (χ4v) is 3.36. The molecule has 0 aliphatic carbocycles. The molecule has 1 fully saturated rings. The zero-order valence-corrected chi connectivity index (χ0v) is 13.9. The van der Waals surface area contributed by atoms with Crippen LogP contribution in [0.4, 0.5) is 5.69 Å². The standard InChI is InChI=1S/C20H24N2O/c1-3-21(15-17-9-7-8-16(2)14-17)19-12-13-22(20(19)23)18-10-5-4-6-11-18/h4-11,14,19H,3,12-13,15H2,1-2H3/t19-/m0/s1. The molecule has 23 heavy (non-hydrogen) atoms. The van der Waals surface area contributed by atoms with Gasteiger partial charge in [0.1, 0.15) is 0 Å². The van der Waals surface area contributed by atoms with Gasteiger partial charge in [-0.3, -0.25) is 9.69 Å². The molecule has 0 spiro atoms. The van der Waals surface area contributed by atoms with Crippen LogP contribution in [0, 0.1) is 6.92 Å². The summed E-state index contributed by atoms with van der Waals surface area (Å²) in [5, 5.41) is 0. The minimum atomic E-state index is -0.0132. The second kappa shape index (κ2) is 6.97. The number of aryl methyl sites for hydroxylation is 1. The lowest BCUT2D eigenvalue weighted by atomic mass is 10.1. The highest BCUT2D eigenvalue weighted by Gasteiger charge is 2.35. The highest BCUT2D eigenvalue weighted by molar-refractivity contribution is 5.99. The molecule has 3 nitrogen and oxygen atoms in total. The van der Waals surface area contributed by atoms with E-state index in [4.69, 9.17) is 0 Å². The van der Waals surface area contributed by atoms with Gasteiger partial charge in [-0.05, 0) is 37.6 Å². The van der Waals surface area contributed by atoms with E-state index in [1.165, 1.54) is 11.1 Å². The van der Waals surface area contributed by atoms with E-state index < -0.39 is 0 Å². The Morgan fingerprint density at radius 2 is 1.91 bits per heavy atom. The zero-order chi connectivity index (χ0) is 16.2. The molecule has 1 aliphatic rings. The van der Waals surface area contributed by atoms with Crippen LogP contribution in [0.25, 0.3) is 0 Å². The Kier molecular flexibility index (Phi) is 4.77. The maximum absolute atomic E-state index is 12.8. The average molecular weight is 308 g/mol. The van der Waals surface area contributed by atoms with E-state index in [2.05, 4.69) is 43.0 Å². The zero-order valence-electron chi connectivity index (χ0n) is 13.9. The van der Waals surface area contributed by atoms with Crippen LogP contribution in [-0.2, 0) is 11.3 Å². The predicted octanol–water partition coefficient (Wildman–Crippen LogP) is 3.62. The van der Waals surface area contributed by atoms with E-state index in [0.717, 1.165) is 31.7 Å². The van der Waals surface area contributed by atoms with Gasteiger partial charge in [0.05, 0.1) is 6.04 Å². The van der Waals surface area contributed by atoms with Crippen molar-refractivity contribution in [2.75, 3.05) is 18.0 Å². The van der Waals surface area contributed by atoms with Crippen LogP contribution in [0.5, 0.6) is 0 Å². The van der Waals surface area contributed by atoms with E-state index >= 15 is 0 Å². The van der Waals surface area contributed by atoms with Crippen LogP contribution >= 0.6 is 0 Å². The van der Waals surface area contributed by atoms with Gasteiger partial charge < -0.3 is 4.90 Å². The van der Waals surface area contributed by atoms with Gasteiger partial charge in [-0.15, -0.1) is 0 Å². The molecule has 0 bridgehead atoms. The monoisotopic (exact) mass is 308 g/mol. The summed E-state index contributed by atoms with van der Waals surface area (Å²) in [7, 11) is 0. The van der Waals surface area contributed by atoms with Crippen LogP contribution in [-0.4, -0.2) is 29.9 Å². The van der Waals surface area contributed by atoms with Crippen LogP contribution < -0.4 is 4.90 Å². The summed E-state index contributed by atoms with van der Waals surface area (Å²) in [5.74, 6) is 0.228. The number of anilines is 1. The molecule has 1 saturated heterocycles. The normalized spacial score (nSPS) is 18.0. The number of carbonyl (C=O) groups is 1. The van der Waals surface area contributed by atoms with Gasteiger partial charge in [-0.1, -0.05) is 55.0 Å². The van der Waals surface area contributed by atoms with E-state index in [-0.39, 0.29) is 11.9 Å². The van der Waals surface area contributed by atoms with Crippen molar-refractivity contribution in [2.24, 2.45) is 0 Å². The number of rotatable bonds is 5. The van der Waals surface area contributed by atoms with Crippen LogP contribution in [0.3, 0.4) is 0 Å². The molecule has 1 amide bonds. The first-order chi connectivity index (χ1) is 11.2. The first-order valence-electron chi connectivity index (χ1n) is 8.35. The average Bonchev–Trinajstić information content (AvgIpc) is 2.95. The topological polar surface area (TPSA) is 23.6 Å². The number of amides is 1. The van der Waals surface area contributed by atoms with Gasteiger partial charge >= 0.3 is 0 Å². The molecule has 3 heteroatoms. The van der Waals surface area contributed by atoms with Crippen molar-refractivity contribution in [1.82, 2.24) is 4.90 Å². The molecule has 120 valence electrons. The van der Waals surface area contributed by atoms with Gasteiger partial charge in [0.15, 0.2) is 0 Å². The Morgan fingerprint density at radius 1 is 1.13 bits per heavy atom. The van der Waals surface area contributed by atoms with Crippen molar-refractivity contribution in [2.45, 2.75) is 32.9 Å². The van der Waals surface area contributed by atoms with Crippen molar-refractivity contribution in [3.8, 4) is 0 Å². The number of benzene rings is 2. The minimum Gasteiger partial charge on any atom is -0.311 e. The summed E-state index contributed by atoms with van der Waals surface area (Å²) in [4.78, 5) is 17.1.